The van der Waals surface area contributed by atoms with Gasteiger partial charge in [0.05, 0.1) is 23.5 Å². The van der Waals surface area contributed by atoms with E-state index < -0.39 is 5.60 Å². The van der Waals surface area contributed by atoms with E-state index in [4.69, 9.17) is 0 Å². The van der Waals surface area contributed by atoms with Crippen molar-refractivity contribution in [2.24, 2.45) is 0 Å². The summed E-state index contributed by atoms with van der Waals surface area (Å²) in [6.45, 7) is 14.9. The molecule has 2 heterocycles. The van der Waals surface area contributed by atoms with Crippen LogP contribution in [0, 0.1) is 0 Å². The third-order valence-corrected chi connectivity index (χ3v) is 4.19. The molecule has 1 atom stereocenters. The zero-order chi connectivity index (χ0) is 16.9. The van der Waals surface area contributed by atoms with Crippen molar-refractivity contribution >= 4 is 5.69 Å². The fourth-order valence-electron chi connectivity index (χ4n) is 2.80. The molecule has 1 saturated heterocycles. The maximum Gasteiger partial charge on any atom is 0.0763 e. The molecule has 0 bridgehead atoms. The number of aliphatic hydroxyl groups is 1. The van der Waals surface area contributed by atoms with E-state index in [0.717, 1.165) is 31.0 Å². The van der Waals surface area contributed by atoms with Gasteiger partial charge in [-0.1, -0.05) is 27.7 Å². The van der Waals surface area contributed by atoms with Gasteiger partial charge in [-0.15, -0.1) is 0 Å². The Kier molecular flexibility index (Phi) is 6.82. The molecule has 1 N–H and O–H groups in total. The molecule has 2 rings (SSSR count). The average molecular weight is 307 g/mol. The highest BCUT2D eigenvalue weighted by Gasteiger charge is 2.35. The summed E-state index contributed by atoms with van der Waals surface area (Å²) in [7, 11) is 2.08. The Balaban J connectivity index is 0.00000116. The van der Waals surface area contributed by atoms with Gasteiger partial charge in [-0.3, -0.25) is 9.88 Å². The molecule has 0 saturated carbocycles. The van der Waals surface area contributed by atoms with Gasteiger partial charge >= 0.3 is 0 Å². The van der Waals surface area contributed by atoms with Gasteiger partial charge in [0.25, 0.3) is 0 Å². The first-order chi connectivity index (χ1) is 10.3. The monoisotopic (exact) mass is 307 g/mol. The van der Waals surface area contributed by atoms with Crippen LogP contribution in [0.2, 0.25) is 0 Å². The summed E-state index contributed by atoms with van der Waals surface area (Å²) < 4.78 is 0. The molecule has 0 radical (unpaired) electrons. The Hall–Kier alpha value is -1.13. The van der Waals surface area contributed by atoms with Crippen LogP contribution in [0.15, 0.2) is 18.3 Å². The van der Waals surface area contributed by atoms with E-state index in [2.05, 4.69) is 47.8 Å². The summed E-state index contributed by atoms with van der Waals surface area (Å²) in [5.74, 6) is 0.459. The Morgan fingerprint density at radius 3 is 2.32 bits per heavy atom. The Morgan fingerprint density at radius 2 is 1.86 bits per heavy atom. The fourth-order valence-corrected chi connectivity index (χ4v) is 2.80. The smallest absolute Gasteiger partial charge is 0.0763 e. The van der Waals surface area contributed by atoms with Crippen molar-refractivity contribution in [1.29, 1.82) is 0 Å². The summed E-state index contributed by atoms with van der Waals surface area (Å²) in [5, 5.41) is 10.3. The Bertz CT molecular complexity index is 437. The molecule has 0 aromatic carbocycles. The molecule has 4 heteroatoms. The van der Waals surface area contributed by atoms with E-state index in [1.165, 1.54) is 0 Å². The largest absolute Gasteiger partial charge is 0.389 e. The Labute approximate surface area is 136 Å². The molecule has 0 spiro atoms. The van der Waals surface area contributed by atoms with Crippen molar-refractivity contribution in [2.75, 3.05) is 31.6 Å². The predicted octanol–water partition coefficient (Wildman–Crippen LogP) is 3.12. The average Bonchev–Trinajstić information content (AvgIpc) is 2.49. The van der Waals surface area contributed by atoms with E-state index in [1.807, 2.05) is 33.9 Å². The summed E-state index contributed by atoms with van der Waals surface area (Å²) in [4.78, 5) is 9.10. The minimum absolute atomic E-state index is 0.140. The first kappa shape index (κ1) is 18.9. The van der Waals surface area contributed by atoms with E-state index in [1.54, 1.807) is 0 Å². The van der Waals surface area contributed by atoms with Crippen LogP contribution in [0.5, 0.6) is 0 Å². The van der Waals surface area contributed by atoms with Crippen LogP contribution in [0.25, 0.3) is 0 Å². The van der Waals surface area contributed by atoms with E-state index >= 15 is 0 Å². The fraction of sp³-hybridized carbons (Fsp3) is 0.722. The topological polar surface area (TPSA) is 39.6 Å². The third kappa shape index (κ3) is 4.68. The lowest BCUT2D eigenvalue weighted by molar-refractivity contribution is -0.0140. The molecule has 1 fully saturated rings. The van der Waals surface area contributed by atoms with Crippen LogP contribution in [0.3, 0.4) is 0 Å². The zero-order valence-electron chi connectivity index (χ0n) is 15.3. The lowest BCUT2D eigenvalue weighted by Crippen LogP contribution is -2.59. The van der Waals surface area contributed by atoms with Crippen molar-refractivity contribution < 1.29 is 5.11 Å². The number of anilines is 1. The van der Waals surface area contributed by atoms with Gasteiger partial charge in [0.15, 0.2) is 0 Å². The second-order valence-corrected chi connectivity index (χ2v) is 6.69. The second kappa shape index (κ2) is 7.93. The van der Waals surface area contributed by atoms with Crippen molar-refractivity contribution in [3.05, 3.63) is 24.0 Å². The number of piperazine rings is 1. The van der Waals surface area contributed by atoms with Gasteiger partial charge in [0, 0.05) is 25.3 Å². The van der Waals surface area contributed by atoms with Gasteiger partial charge in [-0.05, 0) is 38.9 Å². The lowest BCUT2D eigenvalue weighted by Gasteiger charge is -2.45. The molecule has 126 valence electrons. The molecule has 1 aromatic rings. The molecular formula is C18H33N3O. The maximum atomic E-state index is 10.3. The van der Waals surface area contributed by atoms with Crippen molar-refractivity contribution in [1.82, 2.24) is 9.88 Å². The van der Waals surface area contributed by atoms with Gasteiger partial charge < -0.3 is 10.0 Å². The number of nitrogens with zero attached hydrogens (tertiary/aromatic N) is 3. The number of hydrogen-bond acceptors (Lipinski definition) is 4. The first-order valence-corrected chi connectivity index (χ1v) is 8.42. The number of pyridine rings is 1. The van der Waals surface area contributed by atoms with E-state index in [0.29, 0.717) is 5.92 Å². The van der Waals surface area contributed by atoms with Crippen LogP contribution < -0.4 is 4.90 Å². The van der Waals surface area contributed by atoms with Crippen LogP contribution in [0.1, 0.15) is 53.2 Å². The van der Waals surface area contributed by atoms with Gasteiger partial charge in [-0.2, -0.15) is 0 Å². The normalized spacial score (nSPS) is 19.9. The summed E-state index contributed by atoms with van der Waals surface area (Å²) in [6, 6.07) is 4.40. The predicted molar refractivity (Wildman–Crippen MR) is 94.6 cm³/mol. The van der Waals surface area contributed by atoms with Crippen molar-refractivity contribution in [3.8, 4) is 0 Å². The number of likely N-dealkylation sites (N-methyl/N-ethyl adjacent to an activating group) is 1. The minimum atomic E-state index is -0.696. The second-order valence-electron chi connectivity index (χ2n) is 6.69. The SMILES string of the molecule is CC.CC(C)c1ccc(N2CCN(C)C(C(C)(C)O)C2)cn1. The molecule has 22 heavy (non-hydrogen) atoms. The summed E-state index contributed by atoms with van der Waals surface area (Å²) in [5.41, 5.74) is 1.58. The van der Waals surface area contributed by atoms with Crippen LogP contribution in [0.4, 0.5) is 5.69 Å². The molecule has 4 nitrogen and oxygen atoms in total. The van der Waals surface area contributed by atoms with E-state index in [-0.39, 0.29) is 6.04 Å². The molecule has 1 aliphatic heterocycles. The quantitative estimate of drug-likeness (QED) is 0.931. The zero-order valence-corrected chi connectivity index (χ0v) is 15.3. The van der Waals surface area contributed by atoms with Crippen molar-refractivity contribution in [2.45, 2.75) is 59.1 Å². The minimum Gasteiger partial charge on any atom is -0.389 e. The molecule has 0 amide bonds. The van der Waals surface area contributed by atoms with Gasteiger partial charge in [0.1, 0.15) is 0 Å². The van der Waals surface area contributed by atoms with Crippen LogP contribution in [-0.2, 0) is 0 Å². The number of hydrogen-bond donors (Lipinski definition) is 1. The highest BCUT2D eigenvalue weighted by molar-refractivity contribution is 5.45. The Morgan fingerprint density at radius 1 is 1.23 bits per heavy atom. The first-order valence-electron chi connectivity index (χ1n) is 8.42. The lowest BCUT2D eigenvalue weighted by atomic mass is 9.95. The van der Waals surface area contributed by atoms with Gasteiger partial charge in [0.2, 0.25) is 0 Å². The maximum absolute atomic E-state index is 10.3. The molecule has 1 aliphatic rings. The van der Waals surface area contributed by atoms with Crippen LogP contribution >= 0.6 is 0 Å². The summed E-state index contributed by atoms with van der Waals surface area (Å²) in [6.07, 6.45) is 1.96. The summed E-state index contributed by atoms with van der Waals surface area (Å²) >= 11 is 0. The molecular weight excluding hydrogens is 274 g/mol. The van der Waals surface area contributed by atoms with Crippen molar-refractivity contribution in [3.63, 3.8) is 0 Å². The van der Waals surface area contributed by atoms with Gasteiger partial charge in [-0.25, -0.2) is 0 Å². The number of aromatic nitrogens is 1. The third-order valence-electron chi connectivity index (χ3n) is 4.19. The molecule has 0 aliphatic carbocycles. The van der Waals surface area contributed by atoms with Crippen LogP contribution in [-0.4, -0.2) is 53.3 Å². The molecule has 1 aromatic heterocycles. The highest BCUT2D eigenvalue weighted by atomic mass is 16.3. The molecule has 1 unspecified atom stereocenters. The highest BCUT2D eigenvalue weighted by Crippen LogP contribution is 2.24. The van der Waals surface area contributed by atoms with E-state index in [9.17, 15) is 5.11 Å². The number of rotatable bonds is 3. The standard InChI is InChI=1S/C16H27N3O.C2H6/c1-12(2)14-7-6-13(10-17-14)19-9-8-18(5)15(11-19)16(3,4)20;1-2/h6-7,10,12,15,20H,8-9,11H2,1-5H3;1-2H3.